The van der Waals surface area contributed by atoms with Gasteiger partial charge < -0.3 is 25.6 Å². The summed E-state index contributed by atoms with van der Waals surface area (Å²) in [6.07, 6.45) is 2.26. The first-order chi connectivity index (χ1) is 16.0. The van der Waals surface area contributed by atoms with E-state index in [2.05, 4.69) is 0 Å². The van der Waals surface area contributed by atoms with Gasteiger partial charge in [-0.05, 0) is 43.9 Å². The van der Waals surface area contributed by atoms with Gasteiger partial charge >= 0.3 is 5.69 Å². The first-order valence-electron chi connectivity index (χ1n) is 11.2. The molecule has 2 aromatic rings. The molecule has 5 N–H and O–H groups in total. The number of aromatic hydroxyl groups is 1. The van der Waals surface area contributed by atoms with Crippen molar-refractivity contribution in [3.63, 3.8) is 0 Å². The molecule has 4 rings (SSSR count). The van der Waals surface area contributed by atoms with Gasteiger partial charge in [-0.3, -0.25) is 19.1 Å². The summed E-state index contributed by atoms with van der Waals surface area (Å²) in [6.45, 7) is 2.31. The summed E-state index contributed by atoms with van der Waals surface area (Å²) < 4.78 is 20.8. The van der Waals surface area contributed by atoms with Crippen LogP contribution in [-0.2, 0) is 16.0 Å². The predicted octanol–water partition coefficient (Wildman–Crippen LogP) is 0.0249. The zero-order valence-corrected chi connectivity index (χ0v) is 18.9. The number of ether oxygens (including phenoxy) is 1. The molecule has 0 radical (unpaired) electrons. The number of likely N-dealkylation sites (tertiary alicyclic amines) is 1. The molecule has 0 aliphatic carbocycles. The third-order valence-corrected chi connectivity index (χ3v) is 6.90. The Bertz CT molecular complexity index is 1170. The number of nitrogens with zero attached hydrogens (tertiary/aromatic N) is 2. The van der Waals surface area contributed by atoms with E-state index >= 15 is 0 Å². The van der Waals surface area contributed by atoms with Crippen LogP contribution in [0.25, 0.3) is 0 Å². The van der Waals surface area contributed by atoms with Crippen molar-refractivity contribution in [2.45, 2.75) is 55.9 Å². The predicted molar refractivity (Wildman–Crippen MR) is 120 cm³/mol. The van der Waals surface area contributed by atoms with Gasteiger partial charge in [0.15, 0.2) is 0 Å². The molecule has 2 saturated heterocycles. The summed E-state index contributed by atoms with van der Waals surface area (Å²) in [5.74, 6) is -1.16. The molecule has 1 spiro atoms. The number of aromatic amines is 1. The molecule has 11 heteroatoms. The van der Waals surface area contributed by atoms with E-state index in [0.717, 1.165) is 16.3 Å². The van der Waals surface area contributed by atoms with E-state index in [0.29, 0.717) is 32.4 Å². The number of aromatic nitrogens is 2. The SMILES string of the molecule is C[C@]1(O)CC2(CCN(C(=O)[C@@H](N)Cc3ccc(O)cc3)CC2)OC[C@@H]1n1cc(F)c(=O)[nH]c1=O. The minimum atomic E-state index is -1.41. The van der Waals surface area contributed by atoms with Gasteiger partial charge in [-0.2, -0.15) is 4.39 Å². The highest BCUT2D eigenvalue weighted by molar-refractivity contribution is 5.82. The number of nitrogens with one attached hydrogen (secondary N) is 1. The number of carbonyl (C=O) groups is 1. The number of amides is 1. The number of rotatable bonds is 4. The lowest BCUT2D eigenvalue weighted by atomic mass is 9.75. The van der Waals surface area contributed by atoms with Crippen LogP contribution in [0.5, 0.6) is 5.75 Å². The van der Waals surface area contributed by atoms with Crippen LogP contribution in [0.3, 0.4) is 0 Å². The largest absolute Gasteiger partial charge is 0.508 e. The van der Waals surface area contributed by atoms with Crippen molar-refractivity contribution in [1.29, 1.82) is 0 Å². The standard InChI is InChI=1S/C23H29FN4O6/c1-22(33)13-23(34-12-18(22)28-11-16(24)19(30)26-21(28)32)6-8-27(9-7-23)20(31)17(25)10-14-2-4-15(29)5-3-14/h2-5,11,17-18,29,33H,6-10,12-13,25H2,1H3,(H,26,30,32)/t17-,18-,22-/m0/s1. The quantitative estimate of drug-likeness (QED) is 0.486. The van der Waals surface area contributed by atoms with Crippen LogP contribution in [0.2, 0.25) is 0 Å². The summed E-state index contributed by atoms with van der Waals surface area (Å²) in [4.78, 5) is 40.0. The number of piperidine rings is 1. The van der Waals surface area contributed by atoms with Crippen LogP contribution < -0.4 is 17.0 Å². The Morgan fingerprint density at radius 3 is 2.56 bits per heavy atom. The maximum atomic E-state index is 13.8. The van der Waals surface area contributed by atoms with Crippen molar-refractivity contribution < 1.29 is 24.1 Å². The summed E-state index contributed by atoms with van der Waals surface area (Å²) in [5, 5.41) is 20.6. The smallest absolute Gasteiger partial charge is 0.328 e. The highest BCUT2D eigenvalue weighted by Crippen LogP contribution is 2.43. The molecule has 2 aliphatic rings. The van der Waals surface area contributed by atoms with Crippen LogP contribution in [0, 0.1) is 5.82 Å². The minimum absolute atomic E-state index is 0.0489. The number of halogens is 1. The van der Waals surface area contributed by atoms with Crippen molar-refractivity contribution in [3.8, 4) is 5.75 Å². The minimum Gasteiger partial charge on any atom is -0.508 e. The van der Waals surface area contributed by atoms with Gasteiger partial charge in [0.05, 0.1) is 36.1 Å². The molecule has 3 heterocycles. The van der Waals surface area contributed by atoms with Gasteiger partial charge in [-0.1, -0.05) is 12.1 Å². The summed E-state index contributed by atoms with van der Waals surface area (Å²) in [7, 11) is 0. The number of carbonyl (C=O) groups excluding carboxylic acids is 1. The fourth-order valence-corrected chi connectivity index (χ4v) is 4.99. The fourth-order valence-electron chi connectivity index (χ4n) is 4.99. The van der Waals surface area contributed by atoms with Crippen LogP contribution in [-0.4, -0.2) is 67.5 Å². The van der Waals surface area contributed by atoms with E-state index in [1.54, 1.807) is 36.1 Å². The van der Waals surface area contributed by atoms with Gasteiger partial charge in [-0.15, -0.1) is 0 Å². The summed E-state index contributed by atoms with van der Waals surface area (Å²) in [6, 6.07) is 4.94. The Morgan fingerprint density at radius 1 is 1.29 bits per heavy atom. The number of phenols is 1. The zero-order valence-electron chi connectivity index (χ0n) is 18.9. The average Bonchev–Trinajstić information content (AvgIpc) is 2.78. The number of hydrogen-bond acceptors (Lipinski definition) is 7. The van der Waals surface area contributed by atoms with Crippen molar-refractivity contribution in [1.82, 2.24) is 14.5 Å². The normalized spacial score (nSPS) is 25.3. The average molecular weight is 477 g/mol. The lowest BCUT2D eigenvalue weighted by Gasteiger charge is -2.51. The Kier molecular flexibility index (Phi) is 6.36. The Balaban J connectivity index is 1.39. The van der Waals surface area contributed by atoms with Gasteiger partial charge in [0.25, 0.3) is 5.56 Å². The number of aliphatic hydroxyl groups is 1. The molecule has 3 atom stereocenters. The van der Waals surface area contributed by atoms with Crippen molar-refractivity contribution in [2.24, 2.45) is 5.73 Å². The van der Waals surface area contributed by atoms with Crippen molar-refractivity contribution >= 4 is 5.91 Å². The first kappa shape index (κ1) is 24.1. The molecule has 2 aliphatic heterocycles. The fraction of sp³-hybridized carbons (Fsp3) is 0.522. The second-order valence-electron chi connectivity index (χ2n) is 9.49. The monoisotopic (exact) mass is 476 g/mol. The zero-order chi connectivity index (χ0) is 24.7. The van der Waals surface area contributed by atoms with Crippen molar-refractivity contribution in [3.05, 3.63) is 62.7 Å². The maximum Gasteiger partial charge on any atom is 0.328 e. The lowest BCUT2D eigenvalue weighted by molar-refractivity contribution is -0.198. The molecule has 2 fully saturated rings. The van der Waals surface area contributed by atoms with E-state index < -0.39 is 40.4 Å². The summed E-state index contributed by atoms with van der Waals surface area (Å²) in [5.41, 5.74) is 2.95. The van der Waals surface area contributed by atoms with E-state index in [4.69, 9.17) is 10.5 Å². The van der Waals surface area contributed by atoms with E-state index in [1.165, 1.54) is 0 Å². The first-order valence-corrected chi connectivity index (χ1v) is 11.2. The van der Waals surface area contributed by atoms with Crippen molar-refractivity contribution in [2.75, 3.05) is 19.7 Å². The van der Waals surface area contributed by atoms with Gasteiger partial charge in [-0.25, -0.2) is 4.79 Å². The second-order valence-corrected chi connectivity index (χ2v) is 9.49. The third kappa shape index (κ3) is 4.77. The Morgan fingerprint density at radius 2 is 1.94 bits per heavy atom. The number of hydrogen-bond donors (Lipinski definition) is 4. The van der Waals surface area contributed by atoms with Crippen LogP contribution in [0.4, 0.5) is 4.39 Å². The highest BCUT2D eigenvalue weighted by atomic mass is 19.1. The number of phenolic OH excluding ortho intramolecular Hbond substituents is 1. The highest BCUT2D eigenvalue weighted by Gasteiger charge is 2.50. The van der Waals surface area contributed by atoms with Crippen LogP contribution in [0.1, 0.15) is 37.8 Å². The molecular formula is C23H29FN4O6. The molecule has 0 bridgehead atoms. The lowest BCUT2D eigenvalue weighted by Crippen LogP contribution is -2.60. The maximum absolute atomic E-state index is 13.8. The van der Waals surface area contributed by atoms with Gasteiger partial charge in [0, 0.05) is 19.5 Å². The molecule has 1 amide bonds. The topological polar surface area (TPSA) is 151 Å². The van der Waals surface area contributed by atoms with Crippen LogP contribution >= 0.6 is 0 Å². The molecule has 184 valence electrons. The molecule has 34 heavy (non-hydrogen) atoms. The third-order valence-electron chi connectivity index (χ3n) is 6.90. The van der Waals surface area contributed by atoms with E-state index in [9.17, 15) is 29.0 Å². The number of benzene rings is 1. The van der Waals surface area contributed by atoms with E-state index in [1.807, 2.05) is 4.98 Å². The molecule has 1 aromatic heterocycles. The molecule has 0 saturated carbocycles. The Labute approximate surface area is 194 Å². The summed E-state index contributed by atoms with van der Waals surface area (Å²) >= 11 is 0. The molecule has 0 unspecified atom stereocenters. The van der Waals surface area contributed by atoms with Gasteiger partial charge in [0.2, 0.25) is 11.7 Å². The Hall–Kier alpha value is -3.02. The second kappa shape index (κ2) is 8.97. The van der Waals surface area contributed by atoms with E-state index in [-0.39, 0.29) is 24.7 Å². The van der Waals surface area contributed by atoms with Crippen LogP contribution in [0.15, 0.2) is 40.1 Å². The molecule has 10 nitrogen and oxygen atoms in total. The number of nitrogens with two attached hydrogens (primary N) is 1. The molecule has 1 aromatic carbocycles. The number of H-pyrrole nitrogens is 1. The van der Waals surface area contributed by atoms with Gasteiger partial charge in [0.1, 0.15) is 5.75 Å². The molecular weight excluding hydrogens is 447 g/mol.